The van der Waals surface area contributed by atoms with E-state index in [2.05, 4.69) is 22.3 Å². The quantitative estimate of drug-likeness (QED) is 0.919. The second-order valence-corrected chi connectivity index (χ2v) is 6.24. The predicted octanol–water partition coefficient (Wildman–Crippen LogP) is 3.09. The van der Waals surface area contributed by atoms with E-state index in [9.17, 15) is 4.79 Å². The van der Waals surface area contributed by atoms with Crippen LogP contribution in [0.25, 0.3) is 0 Å². The van der Waals surface area contributed by atoms with E-state index in [1.807, 2.05) is 42.5 Å². The summed E-state index contributed by atoms with van der Waals surface area (Å²) in [5, 5.41) is 3.15. The van der Waals surface area contributed by atoms with Gasteiger partial charge in [-0.05, 0) is 42.7 Å². The van der Waals surface area contributed by atoms with Crippen LogP contribution in [0.4, 0.5) is 0 Å². The second-order valence-electron chi connectivity index (χ2n) is 6.24. The minimum absolute atomic E-state index is 0.0317. The highest BCUT2D eigenvalue weighted by molar-refractivity contribution is 5.94. The second kappa shape index (κ2) is 7.97. The molecule has 1 aliphatic rings. The summed E-state index contributed by atoms with van der Waals surface area (Å²) in [5.41, 5.74) is 2.03. The molecule has 0 bridgehead atoms. The van der Waals surface area contributed by atoms with Crippen LogP contribution in [0.2, 0.25) is 0 Å². The van der Waals surface area contributed by atoms with Gasteiger partial charge < -0.3 is 10.1 Å². The molecule has 126 valence electrons. The van der Waals surface area contributed by atoms with Crippen LogP contribution in [0.15, 0.2) is 54.6 Å². The molecule has 3 rings (SSSR count). The summed E-state index contributed by atoms with van der Waals surface area (Å²) in [6.45, 7) is 2.96. The molecule has 1 heterocycles. The SMILES string of the molecule is COc1ccc(CN2CCC(NC(=O)c3ccccc3)CC2)cc1. The molecule has 0 spiro atoms. The van der Waals surface area contributed by atoms with E-state index in [0.717, 1.165) is 43.8 Å². The fraction of sp³-hybridized carbons (Fsp3) is 0.350. The van der Waals surface area contributed by atoms with Crippen molar-refractivity contribution in [2.75, 3.05) is 20.2 Å². The number of nitrogens with zero attached hydrogens (tertiary/aromatic N) is 1. The van der Waals surface area contributed by atoms with Gasteiger partial charge in [0.25, 0.3) is 5.91 Å². The van der Waals surface area contributed by atoms with Gasteiger partial charge in [-0.3, -0.25) is 9.69 Å². The fourth-order valence-electron chi connectivity index (χ4n) is 3.08. The van der Waals surface area contributed by atoms with Gasteiger partial charge in [-0.2, -0.15) is 0 Å². The smallest absolute Gasteiger partial charge is 0.251 e. The van der Waals surface area contributed by atoms with Crippen LogP contribution in [-0.2, 0) is 6.54 Å². The lowest BCUT2D eigenvalue weighted by atomic mass is 10.0. The molecule has 1 amide bonds. The minimum Gasteiger partial charge on any atom is -0.497 e. The maximum atomic E-state index is 12.2. The average Bonchev–Trinajstić information content (AvgIpc) is 2.65. The Bertz CT molecular complexity index is 647. The molecule has 0 saturated carbocycles. The average molecular weight is 324 g/mol. The maximum Gasteiger partial charge on any atom is 0.251 e. The van der Waals surface area contributed by atoms with Crippen LogP contribution in [-0.4, -0.2) is 37.0 Å². The third kappa shape index (κ3) is 4.36. The van der Waals surface area contributed by atoms with Crippen molar-refractivity contribution in [1.29, 1.82) is 0 Å². The number of methoxy groups -OCH3 is 1. The van der Waals surface area contributed by atoms with Crippen LogP contribution in [0.3, 0.4) is 0 Å². The highest BCUT2D eigenvalue weighted by Gasteiger charge is 2.21. The third-order valence-electron chi connectivity index (χ3n) is 4.52. The highest BCUT2D eigenvalue weighted by Crippen LogP contribution is 2.17. The van der Waals surface area contributed by atoms with Crippen LogP contribution >= 0.6 is 0 Å². The standard InChI is InChI=1S/C20H24N2O2/c1-24-19-9-7-16(8-10-19)15-22-13-11-18(12-14-22)21-20(23)17-5-3-2-4-6-17/h2-10,18H,11-15H2,1H3,(H,21,23). The molecule has 1 N–H and O–H groups in total. The number of amides is 1. The summed E-state index contributed by atoms with van der Waals surface area (Å²) in [6, 6.07) is 17.9. The summed E-state index contributed by atoms with van der Waals surface area (Å²) in [4.78, 5) is 14.6. The Labute approximate surface area is 143 Å². The van der Waals surface area contributed by atoms with E-state index in [1.54, 1.807) is 7.11 Å². The minimum atomic E-state index is 0.0317. The summed E-state index contributed by atoms with van der Waals surface area (Å²) < 4.78 is 5.19. The predicted molar refractivity (Wildman–Crippen MR) is 95.2 cm³/mol. The van der Waals surface area contributed by atoms with Gasteiger partial charge in [-0.25, -0.2) is 0 Å². The van der Waals surface area contributed by atoms with Gasteiger partial charge in [-0.1, -0.05) is 30.3 Å². The molecule has 2 aromatic rings. The molecule has 4 heteroatoms. The molecule has 0 radical (unpaired) electrons. The zero-order valence-corrected chi connectivity index (χ0v) is 14.1. The molecular formula is C20H24N2O2. The van der Waals surface area contributed by atoms with Crippen LogP contribution in [0.5, 0.6) is 5.75 Å². The topological polar surface area (TPSA) is 41.6 Å². The summed E-state index contributed by atoms with van der Waals surface area (Å²) in [6.07, 6.45) is 1.99. The highest BCUT2D eigenvalue weighted by atomic mass is 16.5. The zero-order valence-electron chi connectivity index (χ0n) is 14.1. The monoisotopic (exact) mass is 324 g/mol. The first-order chi connectivity index (χ1) is 11.7. The molecule has 24 heavy (non-hydrogen) atoms. The van der Waals surface area contributed by atoms with Crippen molar-refractivity contribution in [3.63, 3.8) is 0 Å². The molecule has 2 aromatic carbocycles. The fourth-order valence-corrected chi connectivity index (χ4v) is 3.08. The van der Waals surface area contributed by atoms with Crippen LogP contribution in [0.1, 0.15) is 28.8 Å². The van der Waals surface area contributed by atoms with Crippen LogP contribution in [0, 0.1) is 0 Å². The van der Waals surface area contributed by atoms with Crippen molar-refractivity contribution < 1.29 is 9.53 Å². The van der Waals surface area contributed by atoms with Gasteiger partial charge in [0.1, 0.15) is 5.75 Å². The van der Waals surface area contributed by atoms with Crippen molar-refractivity contribution >= 4 is 5.91 Å². The van der Waals surface area contributed by atoms with Crippen molar-refractivity contribution in [1.82, 2.24) is 10.2 Å². The Morgan fingerprint density at radius 1 is 1.08 bits per heavy atom. The first-order valence-corrected chi connectivity index (χ1v) is 8.46. The molecule has 0 unspecified atom stereocenters. The molecule has 1 saturated heterocycles. The van der Waals surface area contributed by atoms with E-state index in [-0.39, 0.29) is 11.9 Å². The lowest BCUT2D eigenvalue weighted by Gasteiger charge is -2.32. The number of ether oxygens (including phenoxy) is 1. The van der Waals surface area contributed by atoms with E-state index in [1.165, 1.54) is 5.56 Å². The molecule has 0 aromatic heterocycles. The van der Waals surface area contributed by atoms with Crippen molar-refractivity contribution in [3.8, 4) is 5.75 Å². The number of hydrogen-bond donors (Lipinski definition) is 1. The van der Waals surface area contributed by atoms with Crippen molar-refractivity contribution in [3.05, 3.63) is 65.7 Å². The Morgan fingerprint density at radius 2 is 1.75 bits per heavy atom. The Morgan fingerprint density at radius 3 is 2.38 bits per heavy atom. The van der Waals surface area contributed by atoms with Gasteiger partial charge in [-0.15, -0.1) is 0 Å². The summed E-state index contributed by atoms with van der Waals surface area (Å²) in [7, 11) is 1.68. The lowest BCUT2D eigenvalue weighted by molar-refractivity contribution is 0.0909. The van der Waals surface area contributed by atoms with E-state index in [4.69, 9.17) is 4.74 Å². The van der Waals surface area contributed by atoms with Gasteiger partial charge in [0, 0.05) is 31.2 Å². The van der Waals surface area contributed by atoms with Gasteiger partial charge in [0.2, 0.25) is 0 Å². The number of likely N-dealkylation sites (tertiary alicyclic amines) is 1. The van der Waals surface area contributed by atoms with E-state index >= 15 is 0 Å². The molecular weight excluding hydrogens is 300 g/mol. The first-order valence-electron chi connectivity index (χ1n) is 8.46. The summed E-state index contributed by atoms with van der Waals surface area (Å²) >= 11 is 0. The Hall–Kier alpha value is -2.33. The van der Waals surface area contributed by atoms with Gasteiger partial charge in [0.05, 0.1) is 7.11 Å². The molecule has 0 atom stereocenters. The van der Waals surface area contributed by atoms with Crippen molar-refractivity contribution in [2.24, 2.45) is 0 Å². The molecule has 0 aliphatic carbocycles. The lowest BCUT2D eigenvalue weighted by Crippen LogP contribution is -2.44. The van der Waals surface area contributed by atoms with Gasteiger partial charge in [0.15, 0.2) is 0 Å². The normalized spacial score (nSPS) is 15.9. The number of hydrogen-bond acceptors (Lipinski definition) is 3. The third-order valence-corrected chi connectivity index (χ3v) is 4.52. The Kier molecular flexibility index (Phi) is 5.49. The number of nitrogens with one attached hydrogen (secondary N) is 1. The first kappa shape index (κ1) is 16.5. The van der Waals surface area contributed by atoms with Gasteiger partial charge >= 0.3 is 0 Å². The molecule has 4 nitrogen and oxygen atoms in total. The molecule has 1 fully saturated rings. The zero-order chi connectivity index (χ0) is 16.8. The number of rotatable bonds is 5. The number of carbonyl (C=O) groups excluding carboxylic acids is 1. The number of benzene rings is 2. The maximum absolute atomic E-state index is 12.2. The van der Waals surface area contributed by atoms with E-state index < -0.39 is 0 Å². The van der Waals surface area contributed by atoms with Crippen LogP contribution < -0.4 is 10.1 Å². The molecule has 1 aliphatic heterocycles. The van der Waals surface area contributed by atoms with E-state index in [0.29, 0.717) is 0 Å². The number of piperidine rings is 1. The number of carbonyl (C=O) groups is 1. The summed E-state index contributed by atoms with van der Waals surface area (Å²) in [5.74, 6) is 0.922. The largest absolute Gasteiger partial charge is 0.497 e. The Balaban J connectivity index is 1.46. The van der Waals surface area contributed by atoms with Crippen molar-refractivity contribution in [2.45, 2.75) is 25.4 Å².